The molecule has 0 aromatic heterocycles. The molecule has 0 aliphatic heterocycles. The van der Waals surface area contributed by atoms with Gasteiger partial charge in [0.15, 0.2) is 11.2 Å². The summed E-state index contributed by atoms with van der Waals surface area (Å²) >= 11 is -1.75. The van der Waals surface area contributed by atoms with Crippen LogP contribution < -0.4 is 0 Å². The van der Waals surface area contributed by atoms with Crippen LogP contribution in [-0.4, -0.2) is 193 Å². The second-order valence-corrected chi connectivity index (χ2v) is 39.3. The molecule has 0 bridgehead atoms. The van der Waals surface area contributed by atoms with Crippen molar-refractivity contribution in [3.8, 4) is 0 Å². The van der Waals surface area contributed by atoms with Gasteiger partial charge in [0.25, 0.3) is 0 Å². The second kappa shape index (κ2) is 39.8. The van der Waals surface area contributed by atoms with Gasteiger partial charge in [0.2, 0.25) is 0 Å². The van der Waals surface area contributed by atoms with Gasteiger partial charge in [-0.25, -0.2) is 14.4 Å². The first-order valence-corrected chi connectivity index (χ1v) is 39.4. The van der Waals surface area contributed by atoms with Gasteiger partial charge < -0.3 is 70.4 Å². The Bertz CT molecular complexity index is 2100. The molecule has 86 heavy (non-hydrogen) atoms. The molecule has 0 amide bonds. The van der Waals surface area contributed by atoms with Crippen molar-refractivity contribution in [3.63, 3.8) is 0 Å². The van der Waals surface area contributed by atoms with Gasteiger partial charge in [-0.2, -0.15) is 0 Å². The second-order valence-electron chi connectivity index (χ2n) is 25.9. The third-order valence-electron chi connectivity index (χ3n) is 16.0. The van der Waals surface area contributed by atoms with Gasteiger partial charge >= 0.3 is 65.9 Å². The number of ketones is 4. The number of carbonyl (C=O) groups is 8. The van der Waals surface area contributed by atoms with E-state index in [1.165, 1.54) is 27.4 Å². The number of hydrogen-bond acceptors (Lipinski definition) is 21. The Morgan fingerprint density at radius 3 is 1.16 bits per heavy atom. The van der Waals surface area contributed by atoms with E-state index in [2.05, 4.69) is 33.9 Å². The number of carboxylic acids is 1. The van der Waals surface area contributed by atoms with Gasteiger partial charge in [0.05, 0.1) is 72.1 Å². The van der Waals surface area contributed by atoms with E-state index in [-0.39, 0.29) is 114 Å². The summed E-state index contributed by atoms with van der Waals surface area (Å²) in [6.07, 6.45) is 0.268. The van der Waals surface area contributed by atoms with Crippen LogP contribution in [0.3, 0.4) is 0 Å². The van der Waals surface area contributed by atoms with E-state index in [0.29, 0.717) is 69.0 Å². The molecule has 0 aromatic carbocycles. The van der Waals surface area contributed by atoms with Gasteiger partial charge in [0.1, 0.15) is 29.2 Å². The number of carboxylic acid groups (broad SMARTS) is 1. The Hall–Kier alpha value is -2.39. The zero-order valence-electron chi connectivity index (χ0n) is 53.1. The van der Waals surface area contributed by atoms with Gasteiger partial charge in [-0.05, 0) is 74.0 Å². The van der Waals surface area contributed by atoms with Crippen molar-refractivity contribution >= 4 is 84.2 Å². The molecule has 0 saturated heterocycles. The summed E-state index contributed by atoms with van der Waals surface area (Å²) in [4.78, 5) is 87.9. The first-order valence-electron chi connectivity index (χ1n) is 29.0. The number of ether oxygens (including phenoxy) is 3. The van der Waals surface area contributed by atoms with E-state index in [9.17, 15) is 69.0 Å². The van der Waals surface area contributed by atoms with Crippen molar-refractivity contribution in [1.29, 1.82) is 0 Å². The molecule has 0 unspecified atom stereocenters. The van der Waals surface area contributed by atoms with Gasteiger partial charge in [-0.3, -0.25) is 24.0 Å². The average Bonchev–Trinajstić information content (AvgIpc) is 2.28. The fourth-order valence-electron chi connectivity index (χ4n) is 11.4. The van der Waals surface area contributed by atoms with Crippen molar-refractivity contribution < 1.29 is 122 Å². The van der Waals surface area contributed by atoms with E-state index < -0.39 is 87.1 Å². The van der Waals surface area contributed by atoms with Crippen LogP contribution in [0.1, 0.15) is 146 Å². The van der Waals surface area contributed by atoms with Crippen LogP contribution in [0.25, 0.3) is 0 Å². The summed E-state index contributed by atoms with van der Waals surface area (Å²) in [7, 11) is 17.7. The standard InChI is InChI=1S/C11H16O3.C10H18O4.C9H18O3.C8H14O2.C8H12O2.C7H12O6.C6H14O2Si.3ClH.Ru/c1-7-4-9(6-10(12)14-3)5-8(2)11(7)13;1-6-4-10(13,9(12)14-3)5-7(2)8(6)11;1-6-3-9(12,5-10)4-7(2)8(6)11;2*1-5-3-7(9)4-6(2)8(5)10;8-3-1-7(13,6(11)12)2-4(9)5(3)10;1-8-6(7)5-9(2,3)4;;;;/h6-8H,4-5H2,1-3H3;6-8,11,13H,4-5H2,1-3H3;6-8,10-12H,3-5H2,1-2H3;5-6,8,10H,3-4H2,1-2H3;5-6H,3-4H2,1-2H3;3-5,8-10,13H,1-2H2,(H,11,12);5H2,1-4H3;3*1H;/q;;;;;;;;;;+3/p-3/t7-,8-;6-,7-,8?,10?;6-,7-,8?,9?;2*5-,6-;3-,4-,5?,7?;;;;;/m111111...../s1. The third-order valence-corrected chi connectivity index (χ3v) is 17.4. The van der Waals surface area contributed by atoms with E-state index in [1.54, 1.807) is 0 Å². The number of aliphatic hydroxyl groups is 10. The molecule has 6 aliphatic rings. The predicted molar refractivity (Wildman–Crippen MR) is 323 cm³/mol. The number of Topliss-reactive ketones (excluding diaryl/α,β-unsaturated/α-hetero) is 4. The molecule has 12 atom stereocenters. The Kier molecular flexibility index (Phi) is 39.6. The Morgan fingerprint density at radius 2 is 0.860 bits per heavy atom. The van der Waals surface area contributed by atoms with Crippen molar-refractivity contribution in [2.24, 2.45) is 59.2 Å². The number of rotatable bonds is 6. The number of aliphatic carboxylic acids is 1. The monoisotopic (exact) mass is 1400 g/mol. The number of methoxy groups -OCH3 is 3. The minimum absolute atomic E-state index is 0.0313. The summed E-state index contributed by atoms with van der Waals surface area (Å²) in [5, 5.41) is 103. The normalized spacial score (nSPS) is 35.3. The SMILES string of the molecule is COC(=O)C1(O)C[C@@H](C)C(O)[C@H](C)C1.COC(=O)C=C1C[C@@H](C)C(=O)[C@H](C)C1.COC(=O)C[Si](C)(C)C.C[C@@H]1CC(=O)C[C@@H](C)C1=O.C[C@@H]1CC(=O)C[C@@H](C)C1O.C[C@@H]1CC(O)(CO)C[C@@H](C)C1O.O=C(O)C1(O)C[C@@H](O)C(O)[C@H](O)C1.[Cl][Ru]([Cl])[Cl]. The van der Waals surface area contributed by atoms with Crippen LogP contribution in [0.4, 0.5) is 0 Å². The minimum atomic E-state index is -2.14. The van der Waals surface area contributed by atoms with E-state index in [0.717, 1.165) is 5.57 Å². The van der Waals surface area contributed by atoms with Crippen molar-refractivity contribution in [2.75, 3.05) is 27.9 Å². The number of halogens is 3. The van der Waals surface area contributed by atoms with Crippen LogP contribution in [0.5, 0.6) is 0 Å². The molecule has 22 nitrogen and oxygen atoms in total. The molecule has 6 aliphatic carbocycles. The maximum atomic E-state index is 11.5. The van der Waals surface area contributed by atoms with Crippen LogP contribution in [0.15, 0.2) is 11.6 Å². The van der Waals surface area contributed by atoms with E-state index >= 15 is 0 Å². The molecule has 6 rings (SSSR count). The summed E-state index contributed by atoms with van der Waals surface area (Å²) in [6, 6.07) is 0.628. The number of carbonyl (C=O) groups excluding carboxylic acids is 7. The number of aliphatic hydroxyl groups excluding tert-OH is 7. The molecule has 11 N–H and O–H groups in total. The molecule has 0 radical (unpaired) electrons. The van der Waals surface area contributed by atoms with Gasteiger partial charge in [-0.1, -0.05) is 94.5 Å². The molecular weight excluding hydrogens is 1300 g/mol. The van der Waals surface area contributed by atoms with Crippen LogP contribution >= 0.6 is 29.1 Å². The van der Waals surface area contributed by atoms with E-state index in [4.69, 9.17) is 54.6 Å². The Labute approximate surface area is 527 Å². The molecule has 0 spiro atoms. The number of esters is 3. The van der Waals surface area contributed by atoms with Crippen LogP contribution in [-0.2, 0) is 65.5 Å². The first kappa shape index (κ1) is 85.7. The zero-order valence-corrected chi connectivity index (χ0v) is 58.1. The topological polar surface area (TPSA) is 387 Å². The zero-order chi connectivity index (χ0) is 67.7. The molecule has 505 valence electrons. The first-order chi connectivity index (χ1) is 39.2. The van der Waals surface area contributed by atoms with Crippen LogP contribution in [0, 0.1) is 59.2 Å². The number of allylic oxidation sites excluding steroid dienone is 1. The summed E-state index contributed by atoms with van der Waals surface area (Å²) in [6.45, 7) is 25.0. The Balaban J connectivity index is 0. The molecule has 0 aromatic rings. The Morgan fingerprint density at radius 1 is 0.523 bits per heavy atom. The van der Waals surface area contributed by atoms with Gasteiger partial charge in [0, 0.05) is 74.3 Å². The van der Waals surface area contributed by atoms with Crippen molar-refractivity contribution in [3.05, 3.63) is 11.6 Å². The summed E-state index contributed by atoms with van der Waals surface area (Å²) in [5.74, 6) is -1.09. The third kappa shape index (κ3) is 31.6. The van der Waals surface area contributed by atoms with Crippen LogP contribution in [0.2, 0.25) is 25.7 Å². The summed E-state index contributed by atoms with van der Waals surface area (Å²) < 4.78 is 13.6. The van der Waals surface area contributed by atoms with Gasteiger partial charge in [-0.15, -0.1) is 0 Å². The summed E-state index contributed by atoms with van der Waals surface area (Å²) in [5.41, 5.74) is -3.49. The molecule has 27 heteroatoms. The quantitative estimate of drug-likeness (QED) is 0.0668. The predicted octanol–water partition coefficient (Wildman–Crippen LogP) is 5.59. The molecule has 6 fully saturated rings. The van der Waals surface area contributed by atoms with Crippen molar-refractivity contribution in [1.82, 2.24) is 0 Å². The molecule has 0 heterocycles. The molecular formula is C59H104Cl3O22RuSi. The maximum absolute atomic E-state index is 11.5. The molecule has 6 saturated carbocycles. The number of hydrogen-bond donors (Lipinski definition) is 11. The average molecular weight is 1400 g/mol. The van der Waals surface area contributed by atoms with E-state index in [1.807, 2.05) is 69.2 Å². The fourth-order valence-corrected chi connectivity index (χ4v) is 12.4. The fraction of sp³-hybridized carbons (Fsp3) is 0.831. The van der Waals surface area contributed by atoms with Crippen molar-refractivity contribution in [2.45, 2.75) is 225 Å².